The Hall–Kier alpha value is -1.15. The van der Waals surface area contributed by atoms with Gasteiger partial charge in [-0.25, -0.2) is 4.68 Å². The van der Waals surface area contributed by atoms with E-state index >= 15 is 0 Å². The van der Waals surface area contributed by atoms with Crippen LogP contribution in [0, 0.1) is 13.2 Å². The highest BCUT2D eigenvalue weighted by Gasteiger charge is 2.24. The molecule has 3 aromatic rings. The van der Waals surface area contributed by atoms with Gasteiger partial charge in [-0.1, -0.05) is 44.2 Å². The van der Waals surface area contributed by atoms with Crippen molar-refractivity contribution < 1.29 is 19.7 Å². The number of alkyl halides is 1. The van der Waals surface area contributed by atoms with E-state index < -0.39 is 6.10 Å². The molecule has 0 spiro atoms. The number of ether oxygens (including phenoxy) is 2. The van der Waals surface area contributed by atoms with Crippen LogP contribution < -0.4 is 9.47 Å². The molecule has 35 heavy (non-hydrogen) atoms. The molecule has 1 aromatic heterocycles. The Balaban J connectivity index is 1.61. The lowest BCUT2D eigenvalue weighted by Crippen LogP contribution is -2.25. The molecule has 2 N–H and O–H groups in total. The topological polar surface area (TPSA) is 89.6 Å². The fourth-order valence-corrected chi connectivity index (χ4v) is 4.77. The van der Waals surface area contributed by atoms with Gasteiger partial charge in [0.2, 0.25) is 0 Å². The van der Waals surface area contributed by atoms with Gasteiger partial charge in [0, 0.05) is 17.2 Å². The summed E-state index contributed by atoms with van der Waals surface area (Å²) in [6.45, 7) is 7.15. The van der Waals surface area contributed by atoms with Gasteiger partial charge in [0.05, 0.1) is 29.0 Å². The van der Waals surface area contributed by atoms with Gasteiger partial charge in [0.15, 0.2) is 0 Å². The maximum Gasteiger partial charge on any atom is 0.149 e. The van der Waals surface area contributed by atoms with Crippen LogP contribution in [-0.2, 0) is 18.6 Å². The van der Waals surface area contributed by atoms with Gasteiger partial charge in [-0.15, -0.1) is 16.7 Å². The molecule has 0 aliphatic rings. The quantitative estimate of drug-likeness (QED) is 0.202. The molecule has 0 radical (unpaired) electrons. The number of rotatable bonds is 12. The molecule has 2 unspecified atom stereocenters. The Labute approximate surface area is 238 Å². The first-order valence-corrected chi connectivity index (χ1v) is 13.9. The Bertz CT molecular complexity index is 1110. The minimum absolute atomic E-state index is 0.103. The molecule has 0 amide bonds. The zero-order valence-electron chi connectivity index (χ0n) is 19.9. The van der Waals surface area contributed by atoms with Gasteiger partial charge >= 0.3 is 0 Å². The third-order valence-electron chi connectivity index (χ3n) is 5.78. The fourth-order valence-electron chi connectivity index (χ4n) is 3.47. The van der Waals surface area contributed by atoms with Crippen LogP contribution >= 0.6 is 56.8 Å². The molecule has 7 nitrogen and oxygen atoms in total. The lowest BCUT2D eigenvalue weighted by atomic mass is 9.78. The summed E-state index contributed by atoms with van der Waals surface area (Å²) in [6, 6.07) is 14.2. The van der Waals surface area contributed by atoms with Gasteiger partial charge < -0.3 is 19.7 Å². The number of aromatic nitrogens is 3. The second-order valence-corrected chi connectivity index (χ2v) is 11.5. The predicted molar refractivity (Wildman–Crippen MR) is 153 cm³/mol. The molecule has 0 fully saturated rings. The molecule has 0 aliphatic carbocycles. The van der Waals surface area contributed by atoms with Gasteiger partial charge in [-0.2, -0.15) is 0 Å². The van der Waals surface area contributed by atoms with Crippen molar-refractivity contribution in [1.82, 2.24) is 15.0 Å². The molecule has 1 heterocycles. The van der Waals surface area contributed by atoms with E-state index in [1.807, 2.05) is 52.9 Å². The van der Waals surface area contributed by atoms with Gasteiger partial charge in [-0.3, -0.25) is 0 Å². The van der Waals surface area contributed by atoms with Crippen LogP contribution in [0.4, 0.5) is 0 Å². The first-order valence-electron chi connectivity index (χ1n) is 11.2. The second-order valence-electron chi connectivity index (χ2n) is 9.00. The lowest BCUT2D eigenvalue weighted by Gasteiger charge is -2.27. The molecule has 2 aromatic carbocycles. The summed E-state index contributed by atoms with van der Waals surface area (Å²) >= 11 is 10.2. The summed E-state index contributed by atoms with van der Waals surface area (Å²) in [5.74, 6) is 2.42. The molecule has 190 valence electrons. The molecular weight excluding hydrogens is 692 g/mol. The SMILES string of the molecule is CC(CCl)COc1ccc(C(C)(C)c2ccc(OCC(O)Cn3nnc(I)c3CO)cc2)cc1[123I]. The number of nitrogens with zero attached hydrogens (tertiary/aromatic N) is 3. The van der Waals surface area contributed by atoms with E-state index in [4.69, 9.17) is 21.1 Å². The monoisotopic (exact) mass is 721 g/mol. The number of hydrogen-bond acceptors (Lipinski definition) is 6. The molecule has 3 rings (SSSR count). The van der Waals surface area contributed by atoms with Gasteiger partial charge in [0.1, 0.15) is 27.9 Å². The third-order valence-corrected chi connectivity index (χ3v) is 7.99. The first kappa shape index (κ1) is 28.4. The third kappa shape index (κ3) is 7.43. The largest absolute Gasteiger partial charge is 0.492 e. The summed E-state index contributed by atoms with van der Waals surface area (Å²) in [6.07, 6.45) is -0.788. The molecule has 0 aliphatic heterocycles. The molecule has 0 saturated heterocycles. The van der Waals surface area contributed by atoms with E-state index in [0.29, 0.717) is 33.5 Å². The van der Waals surface area contributed by atoms with Crippen molar-refractivity contribution in [3.63, 3.8) is 0 Å². The average Bonchev–Trinajstić information content (AvgIpc) is 3.20. The highest BCUT2D eigenvalue weighted by atomic mass is 127. The van der Waals surface area contributed by atoms with E-state index in [-0.39, 0.29) is 25.2 Å². The van der Waals surface area contributed by atoms with Crippen molar-refractivity contribution in [2.45, 2.75) is 45.4 Å². The summed E-state index contributed by atoms with van der Waals surface area (Å²) < 4.78 is 14.9. The summed E-state index contributed by atoms with van der Waals surface area (Å²) in [4.78, 5) is 0. The number of aliphatic hydroxyl groups excluding tert-OH is 2. The number of halogens is 3. The van der Waals surface area contributed by atoms with Crippen LogP contribution in [-0.4, -0.2) is 50.4 Å². The van der Waals surface area contributed by atoms with Crippen LogP contribution in [0.25, 0.3) is 0 Å². The van der Waals surface area contributed by atoms with Crippen LogP contribution in [0.15, 0.2) is 42.5 Å². The number of aliphatic hydroxyl groups is 2. The molecule has 2 atom stereocenters. The maximum absolute atomic E-state index is 10.3. The fraction of sp³-hybridized carbons (Fsp3) is 0.440. The minimum atomic E-state index is -0.788. The number of hydrogen-bond donors (Lipinski definition) is 2. The molecule has 0 saturated carbocycles. The van der Waals surface area contributed by atoms with E-state index in [2.05, 4.69) is 65.8 Å². The normalized spacial score (nSPS) is 13.5. The van der Waals surface area contributed by atoms with Crippen molar-refractivity contribution in [3.05, 3.63) is 66.6 Å². The van der Waals surface area contributed by atoms with Crippen LogP contribution in [0.5, 0.6) is 11.5 Å². The van der Waals surface area contributed by atoms with Crippen molar-refractivity contribution >= 4 is 56.8 Å². The average molecular weight is 722 g/mol. The van der Waals surface area contributed by atoms with Crippen molar-refractivity contribution in [1.29, 1.82) is 0 Å². The van der Waals surface area contributed by atoms with Crippen LogP contribution in [0.1, 0.15) is 37.6 Å². The second kappa shape index (κ2) is 12.9. The maximum atomic E-state index is 10.3. The molecule has 0 bridgehead atoms. The van der Waals surface area contributed by atoms with Crippen molar-refractivity contribution in [2.75, 3.05) is 19.1 Å². The van der Waals surface area contributed by atoms with Gasteiger partial charge in [-0.05, 0) is 80.6 Å². The predicted octanol–water partition coefficient (Wildman–Crippen LogP) is 5.00. The first-order chi connectivity index (χ1) is 16.6. The number of benzene rings is 2. The minimum Gasteiger partial charge on any atom is -0.492 e. The van der Waals surface area contributed by atoms with E-state index in [1.54, 1.807) is 0 Å². The zero-order valence-corrected chi connectivity index (χ0v) is 25.0. The molecular formula is C25H30ClI2N3O4. The van der Waals surface area contributed by atoms with Crippen LogP contribution in [0.3, 0.4) is 0 Å². The Morgan fingerprint density at radius 3 is 2.43 bits per heavy atom. The summed E-state index contributed by atoms with van der Waals surface area (Å²) in [7, 11) is 0. The van der Waals surface area contributed by atoms with Crippen LogP contribution in [0.2, 0.25) is 0 Å². The van der Waals surface area contributed by atoms with E-state index in [0.717, 1.165) is 14.9 Å². The summed E-state index contributed by atoms with van der Waals surface area (Å²) in [5, 5.41) is 27.7. The highest BCUT2D eigenvalue weighted by molar-refractivity contribution is 14.1. The highest BCUT2D eigenvalue weighted by Crippen LogP contribution is 2.35. The van der Waals surface area contributed by atoms with Gasteiger partial charge in [0.25, 0.3) is 0 Å². The Morgan fingerprint density at radius 2 is 1.80 bits per heavy atom. The zero-order chi connectivity index (χ0) is 25.6. The Kier molecular flexibility index (Phi) is 10.5. The van der Waals surface area contributed by atoms with E-state index in [9.17, 15) is 10.2 Å². The Morgan fingerprint density at radius 1 is 1.11 bits per heavy atom. The van der Waals surface area contributed by atoms with E-state index in [1.165, 1.54) is 10.2 Å². The lowest BCUT2D eigenvalue weighted by molar-refractivity contribution is 0.0866. The smallest absolute Gasteiger partial charge is 0.149 e. The van der Waals surface area contributed by atoms with Crippen molar-refractivity contribution in [2.24, 2.45) is 5.92 Å². The molecule has 10 heteroatoms. The summed E-state index contributed by atoms with van der Waals surface area (Å²) in [5.41, 5.74) is 2.70. The standard InChI is InChI=1S/C25H30ClI2N3O4/c1-16(11-26)14-35-23-9-6-18(10-21(23)27)25(2,3)17-4-7-20(8-5-17)34-15-19(33)12-31-22(13-32)24(28)29-30-31/h4-10,16,19,32-33H,11-15H2,1-3H3/i27-4. The van der Waals surface area contributed by atoms with Crippen molar-refractivity contribution in [3.8, 4) is 11.5 Å².